The number of ether oxygens (including phenoxy) is 2. The monoisotopic (exact) mass is 528 g/mol. The maximum atomic E-state index is 13.7. The van der Waals surface area contributed by atoms with Gasteiger partial charge in [-0.05, 0) is 54.9 Å². The fourth-order valence-electron chi connectivity index (χ4n) is 5.25. The van der Waals surface area contributed by atoms with Crippen LogP contribution in [-0.2, 0) is 31.6 Å². The summed E-state index contributed by atoms with van der Waals surface area (Å²) in [7, 11) is -1.63. The van der Waals surface area contributed by atoms with E-state index < -0.39 is 13.3 Å². The van der Waals surface area contributed by atoms with Gasteiger partial charge in [0.15, 0.2) is 0 Å². The van der Waals surface area contributed by atoms with Gasteiger partial charge in [-0.25, -0.2) is 0 Å². The second-order valence-corrected chi connectivity index (χ2v) is 13.1. The lowest BCUT2D eigenvalue weighted by Crippen LogP contribution is -2.24. The molecular weight excluding hydrogens is 483 g/mol. The Morgan fingerprint density at radius 3 is 2.38 bits per heavy atom. The third kappa shape index (κ3) is 10.7. The highest BCUT2D eigenvalue weighted by Gasteiger charge is 2.32. The predicted octanol–water partition coefficient (Wildman–Crippen LogP) is 8.05. The minimum atomic E-state index is -3.01. The molecule has 0 radical (unpaired) electrons. The summed E-state index contributed by atoms with van der Waals surface area (Å²) in [6.07, 6.45) is 12.5. The van der Waals surface area contributed by atoms with E-state index in [4.69, 9.17) is 14.0 Å². The second kappa shape index (κ2) is 16.0. The first-order chi connectivity index (χ1) is 18.0. The molecule has 1 unspecified atom stereocenters. The topological polar surface area (TPSA) is 61.8 Å². The molecule has 5 nitrogen and oxygen atoms in total. The highest BCUT2D eigenvalue weighted by atomic mass is 31.2. The van der Waals surface area contributed by atoms with Crippen LogP contribution >= 0.6 is 7.37 Å². The first kappa shape index (κ1) is 29.5. The Hall–Kier alpha value is -2.10. The normalized spacial score (nSPS) is 16.6. The summed E-state index contributed by atoms with van der Waals surface area (Å²) in [6.45, 7) is 2.99. The van der Waals surface area contributed by atoms with Gasteiger partial charge in [0, 0.05) is 12.3 Å². The fraction of sp³-hybridized carbons (Fsp3) is 0.581. The molecule has 0 aliphatic heterocycles. The Morgan fingerprint density at radius 1 is 0.973 bits per heavy atom. The van der Waals surface area contributed by atoms with Crippen LogP contribution in [-0.4, -0.2) is 32.0 Å². The van der Waals surface area contributed by atoms with Crippen molar-refractivity contribution in [2.45, 2.75) is 77.7 Å². The van der Waals surface area contributed by atoms with Crippen LogP contribution in [0.4, 0.5) is 0 Å². The highest BCUT2D eigenvalue weighted by Crippen LogP contribution is 2.50. The van der Waals surface area contributed by atoms with Crippen molar-refractivity contribution in [3.8, 4) is 5.75 Å². The Labute approximate surface area is 223 Å². The van der Waals surface area contributed by atoms with Crippen LogP contribution in [0, 0.1) is 11.8 Å². The summed E-state index contributed by atoms with van der Waals surface area (Å²) < 4.78 is 30.7. The molecule has 0 bridgehead atoms. The smallest absolute Gasteiger partial charge is 0.309 e. The van der Waals surface area contributed by atoms with Crippen molar-refractivity contribution in [2.24, 2.45) is 11.8 Å². The summed E-state index contributed by atoms with van der Waals surface area (Å²) >= 11 is 0. The lowest BCUT2D eigenvalue weighted by atomic mass is 9.86. The van der Waals surface area contributed by atoms with Crippen molar-refractivity contribution in [3.63, 3.8) is 0 Å². The van der Waals surface area contributed by atoms with E-state index in [1.807, 2.05) is 61.5 Å². The van der Waals surface area contributed by atoms with Crippen molar-refractivity contribution in [2.75, 3.05) is 26.0 Å². The van der Waals surface area contributed by atoms with Crippen LogP contribution < -0.4 is 4.74 Å². The molecule has 0 spiro atoms. The average Bonchev–Trinajstić information content (AvgIpc) is 2.93. The molecule has 2 atom stereocenters. The van der Waals surface area contributed by atoms with Crippen molar-refractivity contribution in [3.05, 3.63) is 65.7 Å². The maximum absolute atomic E-state index is 13.7. The Balaban J connectivity index is 1.50. The Kier molecular flexibility index (Phi) is 12.7. The zero-order chi connectivity index (χ0) is 26.3. The average molecular weight is 529 g/mol. The number of carbonyl (C=O) groups is 1. The van der Waals surface area contributed by atoms with Crippen molar-refractivity contribution >= 4 is 13.3 Å². The van der Waals surface area contributed by atoms with E-state index in [-0.39, 0.29) is 18.7 Å². The summed E-state index contributed by atoms with van der Waals surface area (Å²) in [5, 5.41) is 0. The van der Waals surface area contributed by atoms with Gasteiger partial charge in [-0.2, -0.15) is 0 Å². The predicted molar refractivity (Wildman–Crippen MR) is 150 cm³/mol. The number of rotatable bonds is 16. The molecule has 1 aliphatic rings. The van der Waals surface area contributed by atoms with Gasteiger partial charge in [-0.15, -0.1) is 0 Å². The van der Waals surface area contributed by atoms with Gasteiger partial charge in [-0.3, -0.25) is 9.36 Å². The quantitative estimate of drug-likeness (QED) is 0.125. The molecule has 0 heterocycles. The molecule has 37 heavy (non-hydrogen) atoms. The van der Waals surface area contributed by atoms with Crippen LogP contribution in [0.5, 0.6) is 5.75 Å². The van der Waals surface area contributed by atoms with Crippen LogP contribution in [0.3, 0.4) is 0 Å². The number of methoxy groups -OCH3 is 1. The highest BCUT2D eigenvalue weighted by molar-refractivity contribution is 7.59. The zero-order valence-electron chi connectivity index (χ0n) is 22.7. The molecule has 0 saturated heterocycles. The summed E-state index contributed by atoms with van der Waals surface area (Å²) in [5.41, 5.74) is 1.96. The molecule has 1 saturated carbocycles. The molecule has 2 aromatic rings. The minimum Gasteiger partial charge on any atom is -0.494 e. The largest absolute Gasteiger partial charge is 0.494 e. The molecule has 1 aliphatic carbocycles. The van der Waals surface area contributed by atoms with E-state index in [9.17, 15) is 9.36 Å². The third-order valence-corrected chi connectivity index (χ3v) is 10.0. The van der Waals surface area contributed by atoms with Crippen molar-refractivity contribution in [1.82, 2.24) is 0 Å². The molecule has 204 valence electrons. The van der Waals surface area contributed by atoms with Crippen molar-refractivity contribution < 1.29 is 23.4 Å². The molecular formula is C31H45O5P. The lowest BCUT2D eigenvalue weighted by Gasteiger charge is -2.23. The van der Waals surface area contributed by atoms with Crippen LogP contribution in [0.1, 0.15) is 75.8 Å². The van der Waals surface area contributed by atoms with Gasteiger partial charge in [0.1, 0.15) is 5.75 Å². The number of hydrogen-bond acceptors (Lipinski definition) is 5. The van der Waals surface area contributed by atoms with Crippen molar-refractivity contribution in [1.29, 1.82) is 0 Å². The van der Waals surface area contributed by atoms with Gasteiger partial charge in [-0.1, -0.05) is 87.9 Å². The van der Waals surface area contributed by atoms with E-state index >= 15 is 0 Å². The number of carbonyl (C=O) groups excluding carboxylic acids is 1. The molecule has 6 heteroatoms. The van der Waals surface area contributed by atoms with E-state index in [1.54, 1.807) is 0 Å². The third-order valence-electron chi connectivity index (χ3n) is 7.31. The van der Waals surface area contributed by atoms with Gasteiger partial charge in [0.2, 0.25) is 7.37 Å². The molecule has 0 aromatic heterocycles. The van der Waals surface area contributed by atoms with Gasteiger partial charge < -0.3 is 14.0 Å². The Bertz CT molecular complexity index is 953. The second-order valence-electron chi connectivity index (χ2n) is 10.4. The van der Waals surface area contributed by atoms with E-state index in [0.29, 0.717) is 12.6 Å². The van der Waals surface area contributed by atoms with Crippen LogP contribution in [0.2, 0.25) is 0 Å². The number of unbranched alkanes of at least 4 members (excludes halogenated alkanes) is 1. The fourth-order valence-corrected chi connectivity index (χ4v) is 7.68. The maximum Gasteiger partial charge on any atom is 0.309 e. The van der Waals surface area contributed by atoms with Gasteiger partial charge in [0.05, 0.1) is 26.2 Å². The van der Waals surface area contributed by atoms with E-state index in [2.05, 4.69) is 0 Å². The first-order valence-corrected chi connectivity index (χ1v) is 16.1. The molecule has 1 fully saturated rings. The molecule has 2 aromatic carbocycles. The number of hydrogen-bond donors (Lipinski definition) is 0. The molecule has 3 rings (SSSR count). The number of esters is 1. The Morgan fingerprint density at radius 2 is 1.70 bits per heavy atom. The van der Waals surface area contributed by atoms with E-state index in [1.165, 1.54) is 52.1 Å². The summed E-state index contributed by atoms with van der Waals surface area (Å²) in [4.78, 5) is 12.6. The molecule has 0 amide bonds. The minimum absolute atomic E-state index is 0.180. The standard InChI is InChI=1S/C31H45O5P/c1-3-22-37(33,36-24-28-15-8-5-9-16-28)25-29(31(32)34-2)23-27-17-19-30(20-18-27)35-21-11-10-14-26-12-6-4-7-13-26/h5,8-9,15-20,26,29H,3-4,6-7,10-14,21-25H2,1-2H3/t29-,37?/m0/s1. The zero-order valence-corrected chi connectivity index (χ0v) is 23.6. The summed E-state index contributed by atoms with van der Waals surface area (Å²) in [5.74, 6) is 0.897. The van der Waals surface area contributed by atoms with E-state index in [0.717, 1.165) is 42.2 Å². The number of benzene rings is 2. The van der Waals surface area contributed by atoms with Gasteiger partial charge >= 0.3 is 5.97 Å². The summed E-state index contributed by atoms with van der Waals surface area (Å²) in [6, 6.07) is 17.6. The lowest BCUT2D eigenvalue weighted by molar-refractivity contribution is -0.144. The molecule has 0 N–H and O–H groups in total. The van der Waals surface area contributed by atoms with Gasteiger partial charge in [0.25, 0.3) is 0 Å². The first-order valence-electron chi connectivity index (χ1n) is 14.1. The van der Waals surface area contributed by atoms with Crippen LogP contribution in [0.15, 0.2) is 54.6 Å². The van der Waals surface area contributed by atoms with Crippen LogP contribution in [0.25, 0.3) is 0 Å². The SMILES string of the molecule is CCCP(=O)(C[C@H](Cc1ccc(OCCCCC2CCCCC2)cc1)C(=O)OC)OCc1ccccc1.